The van der Waals surface area contributed by atoms with Crippen molar-refractivity contribution in [3.8, 4) is 0 Å². The van der Waals surface area contributed by atoms with Crippen LogP contribution in [0.2, 0.25) is 0 Å². The van der Waals surface area contributed by atoms with Crippen LogP contribution in [0.25, 0.3) is 0 Å². The average molecular weight is 287 g/mol. The number of halogens is 3. The lowest BCUT2D eigenvalue weighted by molar-refractivity contribution is -0.156. The van der Waals surface area contributed by atoms with Crippen LogP contribution in [0, 0.1) is 0 Å². The number of aryl methyl sites for hydroxylation is 1. The number of fused-ring (bicyclic) bond motifs is 1. The van der Waals surface area contributed by atoms with Gasteiger partial charge >= 0.3 is 12.1 Å². The Labute approximate surface area is 115 Å². The topological polar surface area (TPSA) is 38.3 Å². The molecule has 3 nitrogen and oxygen atoms in total. The molecule has 1 aromatic rings. The maximum absolute atomic E-state index is 12.5. The van der Waals surface area contributed by atoms with E-state index in [1.807, 2.05) is 12.1 Å². The number of rotatable bonds is 4. The molecule has 0 bridgehead atoms. The van der Waals surface area contributed by atoms with E-state index in [1.165, 1.54) is 0 Å². The zero-order chi connectivity index (χ0) is 14.8. The van der Waals surface area contributed by atoms with E-state index >= 15 is 0 Å². The van der Waals surface area contributed by atoms with Crippen LogP contribution in [-0.4, -0.2) is 25.3 Å². The van der Waals surface area contributed by atoms with Gasteiger partial charge in [0.1, 0.15) is 5.54 Å². The van der Waals surface area contributed by atoms with Gasteiger partial charge in [-0.3, -0.25) is 5.32 Å². The fourth-order valence-corrected chi connectivity index (χ4v) is 2.58. The van der Waals surface area contributed by atoms with Gasteiger partial charge in [0.2, 0.25) is 0 Å². The van der Waals surface area contributed by atoms with Gasteiger partial charge in [-0.1, -0.05) is 24.3 Å². The second-order valence-corrected chi connectivity index (χ2v) is 4.75. The highest BCUT2D eigenvalue weighted by Gasteiger charge is 2.48. The minimum Gasteiger partial charge on any atom is -0.464 e. The fourth-order valence-electron chi connectivity index (χ4n) is 2.58. The first kappa shape index (κ1) is 14.8. The van der Waals surface area contributed by atoms with Crippen molar-refractivity contribution < 1.29 is 22.7 Å². The van der Waals surface area contributed by atoms with Gasteiger partial charge in [-0.2, -0.15) is 13.2 Å². The van der Waals surface area contributed by atoms with E-state index < -0.39 is 24.2 Å². The second-order valence-electron chi connectivity index (χ2n) is 4.75. The van der Waals surface area contributed by atoms with E-state index in [1.54, 1.807) is 19.1 Å². The SMILES string of the molecule is CCOC(=O)C1(NCC(F)(F)F)CCc2ccccc21. The summed E-state index contributed by atoms with van der Waals surface area (Å²) in [6.07, 6.45) is -3.54. The van der Waals surface area contributed by atoms with E-state index in [2.05, 4.69) is 5.32 Å². The van der Waals surface area contributed by atoms with E-state index in [9.17, 15) is 18.0 Å². The maximum atomic E-state index is 12.5. The molecule has 0 radical (unpaired) electrons. The molecule has 1 N–H and O–H groups in total. The van der Waals surface area contributed by atoms with Crippen molar-refractivity contribution in [2.24, 2.45) is 0 Å². The third-order valence-electron chi connectivity index (χ3n) is 3.46. The maximum Gasteiger partial charge on any atom is 0.401 e. The van der Waals surface area contributed by atoms with Crippen LogP contribution in [0.1, 0.15) is 24.5 Å². The molecule has 1 atom stereocenters. The third kappa shape index (κ3) is 2.80. The number of carbonyl (C=O) groups excluding carboxylic acids is 1. The molecule has 2 rings (SSSR count). The molecule has 0 saturated carbocycles. The van der Waals surface area contributed by atoms with Crippen LogP contribution in [0.5, 0.6) is 0 Å². The van der Waals surface area contributed by atoms with Crippen molar-refractivity contribution in [3.05, 3.63) is 35.4 Å². The van der Waals surface area contributed by atoms with Crippen molar-refractivity contribution in [2.45, 2.75) is 31.5 Å². The molecule has 20 heavy (non-hydrogen) atoms. The summed E-state index contributed by atoms with van der Waals surface area (Å²) in [5, 5.41) is 2.38. The highest BCUT2D eigenvalue weighted by atomic mass is 19.4. The van der Waals surface area contributed by atoms with Crippen molar-refractivity contribution in [1.29, 1.82) is 0 Å². The van der Waals surface area contributed by atoms with Gasteiger partial charge < -0.3 is 4.74 Å². The Bertz CT molecular complexity index is 501. The van der Waals surface area contributed by atoms with Crippen LogP contribution in [-0.2, 0) is 21.5 Å². The van der Waals surface area contributed by atoms with Crippen LogP contribution >= 0.6 is 0 Å². The third-order valence-corrected chi connectivity index (χ3v) is 3.46. The summed E-state index contributed by atoms with van der Waals surface area (Å²) >= 11 is 0. The first-order chi connectivity index (χ1) is 9.39. The molecule has 110 valence electrons. The Hall–Kier alpha value is -1.56. The lowest BCUT2D eigenvalue weighted by Gasteiger charge is -2.29. The lowest BCUT2D eigenvalue weighted by atomic mass is 9.91. The number of ether oxygens (including phenoxy) is 1. The Morgan fingerprint density at radius 3 is 2.75 bits per heavy atom. The number of hydrogen-bond acceptors (Lipinski definition) is 3. The summed E-state index contributed by atoms with van der Waals surface area (Å²) < 4.78 is 42.5. The Morgan fingerprint density at radius 2 is 2.10 bits per heavy atom. The molecule has 6 heteroatoms. The number of hydrogen-bond donors (Lipinski definition) is 1. The molecule has 1 unspecified atom stereocenters. The molecule has 0 aromatic heterocycles. The number of alkyl halides is 3. The van der Waals surface area contributed by atoms with Crippen molar-refractivity contribution >= 4 is 5.97 Å². The number of benzene rings is 1. The summed E-state index contributed by atoms with van der Waals surface area (Å²) in [6.45, 7) is 0.548. The highest BCUT2D eigenvalue weighted by Crippen LogP contribution is 2.38. The van der Waals surface area contributed by atoms with Crippen LogP contribution in [0.15, 0.2) is 24.3 Å². The number of esters is 1. The molecule has 0 saturated heterocycles. The normalized spacial score (nSPS) is 21.6. The minimum absolute atomic E-state index is 0.135. The standard InChI is InChI=1S/C14H16F3NO2/c1-2-20-12(19)13(18-9-14(15,16)17)8-7-10-5-3-4-6-11(10)13/h3-6,18H,2,7-9H2,1H3. The zero-order valence-electron chi connectivity index (χ0n) is 11.1. The summed E-state index contributed by atoms with van der Waals surface area (Å²) in [4.78, 5) is 12.2. The molecular weight excluding hydrogens is 271 g/mol. The molecule has 0 amide bonds. The van der Waals surface area contributed by atoms with Crippen LogP contribution < -0.4 is 5.32 Å². The molecular formula is C14H16F3NO2. The van der Waals surface area contributed by atoms with Gasteiger partial charge in [-0.25, -0.2) is 4.79 Å². The first-order valence-corrected chi connectivity index (χ1v) is 6.46. The Balaban J connectivity index is 2.34. The van der Waals surface area contributed by atoms with Crippen LogP contribution in [0.3, 0.4) is 0 Å². The van der Waals surface area contributed by atoms with Gasteiger partial charge in [-0.05, 0) is 30.9 Å². The van der Waals surface area contributed by atoms with Crippen LogP contribution in [0.4, 0.5) is 13.2 Å². The van der Waals surface area contributed by atoms with Crippen molar-refractivity contribution in [1.82, 2.24) is 5.32 Å². The Kier molecular flexibility index (Phi) is 4.04. The minimum atomic E-state index is -4.38. The predicted octanol–water partition coefficient (Wildman–Crippen LogP) is 2.54. The molecule has 0 aliphatic heterocycles. The lowest BCUT2D eigenvalue weighted by Crippen LogP contribution is -2.51. The summed E-state index contributed by atoms with van der Waals surface area (Å²) in [7, 11) is 0. The van der Waals surface area contributed by atoms with Crippen molar-refractivity contribution in [2.75, 3.05) is 13.2 Å². The first-order valence-electron chi connectivity index (χ1n) is 6.46. The zero-order valence-corrected chi connectivity index (χ0v) is 11.1. The van der Waals surface area contributed by atoms with Gasteiger partial charge in [0.25, 0.3) is 0 Å². The van der Waals surface area contributed by atoms with Gasteiger partial charge in [0, 0.05) is 0 Å². The molecule has 0 fully saturated rings. The Morgan fingerprint density at radius 1 is 1.40 bits per heavy atom. The monoisotopic (exact) mass is 287 g/mol. The smallest absolute Gasteiger partial charge is 0.401 e. The van der Waals surface area contributed by atoms with E-state index in [4.69, 9.17) is 4.74 Å². The number of nitrogens with one attached hydrogen (secondary N) is 1. The van der Waals surface area contributed by atoms with Crippen molar-refractivity contribution in [3.63, 3.8) is 0 Å². The largest absolute Gasteiger partial charge is 0.464 e. The molecule has 1 aromatic carbocycles. The predicted molar refractivity (Wildman–Crippen MR) is 67.1 cm³/mol. The molecule has 1 aliphatic carbocycles. The van der Waals surface area contributed by atoms with Gasteiger partial charge in [0.05, 0.1) is 13.2 Å². The highest BCUT2D eigenvalue weighted by molar-refractivity contribution is 5.84. The quantitative estimate of drug-likeness (QED) is 0.865. The molecule has 0 spiro atoms. The van der Waals surface area contributed by atoms with E-state index in [0.717, 1.165) is 5.56 Å². The summed E-state index contributed by atoms with van der Waals surface area (Å²) in [6, 6.07) is 7.03. The summed E-state index contributed by atoms with van der Waals surface area (Å²) in [5.41, 5.74) is 0.0835. The van der Waals surface area contributed by atoms with E-state index in [-0.39, 0.29) is 13.0 Å². The van der Waals surface area contributed by atoms with Gasteiger partial charge in [-0.15, -0.1) is 0 Å². The fraction of sp³-hybridized carbons (Fsp3) is 0.500. The second kappa shape index (κ2) is 5.44. The molecule has 0 heterocycles. The van der Waals surface area contributed by atoms with Gasteiger partial charge in [0.15, 0.2) is 0 Å². The van der Waals surface area contributed by atoms with E-state index in [0.29, 0.717) is 12.0 Å². The number of carbonyl (C=O) groups is 1. The molecule has 1 aliphatic rings. The summed E-state index contributed by atoms with van der Waals surface area (Å²) in [5.74, 6) is -0.644. The average Bonchev–Trinajstić information content (AvgIpc) is 2.76.